The first-order valence-electron chi connectivity index (χ1n) is 5.00. The molecule has 5 heteroatoms. The van der Waals surface area contributed by atoms with Crippen LogP contribution in [0.3, 0.4) is 0 Å². The summed E-state index contributed by atoms with van der Waals surface area (Å²) >= 11 is 6.97. The minimum atomic E-state index is 0.249. The van der Waals surface area contributed by atoms with Crippen LogP contribution in [0.25, 0.3) is 0 Å². The highest BCUT2D eigenvalue weighted by atomic mass is 79.9. The Morgan fingerprint density at radius 2 is 2.25 bits per heavy atom. The van der Waals surface area contributed by atoms with Gasteiger partial charge in [0.05, 0.1) is 9.83 Å². The molecule has 0 fully saturated rings. The normalized spacial score (nSPS) is 12.9. The molecule has 2 heterocycles. The highest BCUT2D eigenvalue weighted by Gasteiger charge is 2.11. The molecule has 0 aromatic carbocycles. The summed E-state index contributed by atoms with van der Waals surface area (Å²) < 4.78 is 1.15. The fourth-order valence-electron chi connectivity index (χ4n) is 1.45. The van der Waals surface area contributed by atoms with Crippen LogP contribution < -0.4 is 11.1 Å². The maximum absolute atomic E-state index is 5.79. The van der Waals surface area contributed by atoms with Gasteiger partial charge in [-0.25, -0.2) is 0 Å². The average molecular weight is 317 g/mol. The van der Waals surface area contributed by atoms with Crippen LogP contribution in [0.5, 0.6) is 0 Å². The summed E-state index contributed by atoms with van der Waals surface area (Å²) in [7, 11) is 0. The molecule has 2 rings (SSSR count). The minimum Gasteiger partial charge on any atom is -0.329 e. The fourth-order valence-corrected chi connectivity index (χ4v) is 3.62. The summed E-state index contributed by atoms with van der Waals surface area (Å²) in [5.41, 5.74) is 5.79. The molecule has 2 aromatic rings. The molecule has 0 aliphatic rings. The average Bonchev–Trinajstić information content (AvgIpc) is 2.91. The van der Waals surface area contributed by atoms with E-state index < -0.39 is 0 Å². The first kappa shape index (κ1) is 12.3. The van der Waals surface area contributed by atoms with Crippen LogP contribution in [0.15, 0.2) is 33.4 Å². The molecule has 1 atom stereocenters. The number of hydrogen-bond donors (Lipinski definition) is 2. The Bertz CT molecular complexity index is 425. The van der Waals surface area contributed by atoms with Gasteiger partial charge in [-0.05, 0) is 39.5 Å². The molecule has 3 N–H and O–H groups in total. The van der Waals surface area contributed by atoms with E-state index in [1.54, 1.807) is 22.7 Å². The third-order valence-electron chi connectivity index (χ3n) is 2.28. The Kier molecular flexibility index (Phi) is 4.55. The van der Waals surface area contributed by atoms with E-state index in [1.807, 2.05) is 0 Å². The van der Waals surface area contributed by atoms with Gasteiger partial charge in [-0.2, -0.15) is 0 Å². The molecule has 0 aliphatic heterocycles. The topological polar surface area (TPSA) is 38.0 Å². The third kappa shape index (κ3) is 3.15. The molecule has 2 nitrogen and oxygen atoms in total. The van der Waals surface area contributed by atoms with Gasteiger partial charge in [0.25, 0.3) is 0 Å². The second kappa shape index (κ2) is 5.93. The van der Waals surface area contributed by atoms with E-state index in [-0.39, 0.29) is 6.04 Å². The van der Waals surface area contributed by atoms with Crippen molar-refractivity contribution in [3.05, 3.63) is 43.2 Å². The van der Waals surface area contributed by atoms with Crippen molar-refractivity contribution in [3.63, 3.8) is 0 Å². The van der Waals surface area contributed by atoms with Crippen molar-refractivity contribution in [2.75, 3.05) is 6.54 Å². The maximum atomic E-state index is 5.79. The Morgan fingerprint density at radius 1 is 1.38 bits per heavy atom. The van der Waals surface area contributed by atoms with Gasteiger partial charge in [-0.1, -0.05) is 6.07 Å². The highest BCUT2D eigenvalue weighted by Crippen LogP contribution is 2.27. The number of thiophene rings is 2. The molecule has 0 aliphatic carbocycles. The molecule has 0 radical (unpaired) electrons. The van der Waals surface area contributed by atoms with Crippen LogP contribution in [0.2, 0.25) is 0 Å². The van der Waals surface area contributed by atoms with Gasteiger partial charge in [0.2, 0.25) is 0 Å². The smallest absolute Gasteiger partial charge is 0.0702 e. The van der Waals surface area contributed by atoms with Gasteiger partial charge in [0, 0.05) is 22.8 Å². The van der Waals surface area contributed by atoms with Crippen molar-refractivity contribution in [1.29, 1.82) is 0 Å². The number of rotatable bonds is 5. The van der Waals surface area contributed by atoms with Crippen molar-refractivity contribution in [1.82, 2.24) is 5.32 Å². The molecule has 1 unspecified atom stereocenters. The van der Waals surface area contributed by atoms with Crippen molar-refractivity contribution < 1.29 is 0 Å². The van der Waals surface area contributed by atoms with Crippen LogP contribution in [0, 0.1) is 0 Å². The Morgan fingerprint density at radius 3 is 2.81 bits per heavy atom. The van der Waals surface area contributed by atoms with E-state index in [4.69, 9.17) is 5.73 Å². The molecule has 0 spiro atoms. The molecule has 0 bridgehead atoms. The zero-order valence-electron chi connectivity index (χ0n) is 8.65. The predicted molar refractivity (Wildman–Crippen MR) is 75.0 cm³/mol. The lowest BCUT2D eigenvalue weighted by Gasteiger charge is -2.14. The molecule has 0 saturated heterocycles. The van der Waals surface area contributed by atoms with E-state index in [9.17, 15) is 0 Å². The maximum Gasteiger partial charge on any atom is 0.0702 e. The number of nitrogens with one attached hydrogen (secondary N) is 1. The summed E-state index contributed by atoms with van der Waals surface area (Å²) in [5, 5.41) is 5.57. The summed E-state index contributed by atoms with van der Waals surface area (Å²) in [6.45, 7) is 1.51. The summed E-state index contributed by atoms with van der Waals surface area (Å²) in [4.78, 5) is 2.63. The predicted octanol–water partition coefficient (Wildman–Crippen LogP) is 3.36. The van der Waals surface area contributed by atoms with Crippen LogP contribution in [0.1, 0.15) is 15.8 Å². The van der Waals surface area contributed by atoms with Crippen LogP contribution >= 0.6 is 38.6 Å². The largest absolute Gasteiger partial charge is 0.329 e. The highest BCUT2D eigenvalue weighted by molar-refractivity contribution is 9.11. The van der Waals surface area contributed by atoms with Gasteiger partial charge in [-0.15, -0.1) is 22.7 Å². The molecule has 0 amide bonds. The van der Waals surface area contributed by atoms with Gasteiger partial charge in [0.1, 0.15) is 0 Å². The van der Waals surface area contributed by atoms with Gasteiger partial charge >= 0.3 is 0 Å². The van der Waals surface area contributed by atoms with E-state index in [2.05, 4.69) is 50.9 Å². The number of nitrogens with two attached hydrogens (primary N) is 1. The van der Waals surface area contributed by atoms with Crippen molar-refractivity contribution in [2.24, 2.45) is 5.73 Å². The first-order valence-corrected chi connectivity index (χ1v) is 7.49. The van der Waals surface area contributed by atoms with Crippen molar-refractivity contribution >= 4 is 38.6 Å². The van der Waals surface area contributed by atoms with E-state index >= 15 is 0 Å². The SMILES string of the molecule is NCC(NCc1cccs1)c1ccc(Br)s1. The zero-order chi connectivity index (χ0) is 11.4. The van der Waals surface area contributed by atoms with E-state index in [0.29, 0.717) is 6.54 Å². The second-order valence-corrected chi connectivity index (χ2v) is 6.92. The fraction of sp³-hybridized carbons (Fsp3) is 0.273. The Labute approximate surface area is 112 Å². The standard InChI is InChI=1S/C11H13BrN2S2/c12-11-4-3-10(16-11)9(6-13)14-7-8-2-1-5-15-8/h1-5,9,14H,6-7,13H2. The second-order valence-electron chi connectivity index (χ2n) is 3.39. The van der Waals surface area contributed by atoms with E-state index in [0.717, 1.165) is 10.3 Å². The third-order valence-corrected chi connectivity index (χ3v) is 4.89. The Hall–Kier alpha value is -0.200. The molecule has 16 heavy (non-hydrogen) atoms. The van der Waals surface area contributed by atoms with Gasteiger partial charge in [-0.3, -0.25) is 0 Å². The minimum absolute atomic E-state index is 0.249. The van der Waals surface area contributed by atoms with Crippen LogP contribution in [-0.4, -0.2) is 6.54 Å². The Balaban J connectivity index is 1.96. The molecule has 2 aromatic heterocycles. The van der Waals surface area contributed by atoms with Gasteiger partial charge in [0.15, 0.2) is 0 Å². The lowest BCUT2D eigenvalue weighted by atomic mass is 10.2. The monoisotopic (exact) mass is 316 g/mol. The van der Waals surface area contributed by atoms with E-state index in [1.165, 1.54) is 9.75 Å². The molecule has 0 saturated carbocycles. The molecular formula is C11H13BrN2S2. The lowest BCUT2D eigenvalue weighted by Crippen LogP contribution is -2.26. The summed E-state index contributed by atoms with van der Waals surface area (Å²) in [5.74, 6) is 0. The first-order chi connectivity index (χ1) is 7.79. The van der Waals surface area contributed by atoms with Gasteiger partial charge < -0.3 is 11.1 Å². The van der Waals surface area contributed by atoms with Crippen LogP contribution in [-0.2, 0) is 6.54 Å². The van der Waals surface area contributed by atoms with Crippen molar-refractivity contribution in [2.45, 2.75) is 12.6 Å². The quantitative estimate of drug-likeness (QED) is 0.887. The summed E-state index contributed by atoms with van der Waals surface area (Å²) in [6, 6.07) is 8.64. The van der Waals surface area contributed by atoms with Crippen LogP contribution in [0.4, 0.5) is 0 Å². The zero-order valence-corrected chi connectivity index (χ0v) is 11.9. The lowest BCUT2D eigenvalue weighted by molar-refractivity contribution is 0.553. The molecule has 86 valence electrons. The number of hydrogen-bond acceptors (Lipinski definition) is 4. The molecular weight excluding hydrogens is 304 g/mol. The number of halogens is 1. The summed E-state index contributed by atoms with van der Waals surface area (Å²) in [6.07, 6.45) is 0. The van der Waals surface area contributed by atoms with Crippen molar-refractivity contribution in [3.8, 4) is 0 Å².